The summed E-state index contributed by atoms with van der Waals surface area (Å²) in [6.07, 6.45) is -4.77. The van der Waals surface area contributed by atoms with Gasteiger partial charge >= 0.3 is 18.2 Å². The first-order chi connectivity index (χ1) is 23.0. The summed E-state index contributed by atoms with van der Waals surface area (Å²) < 4.78 is 66.1. The minimum absolute atomic E-state index is 0.0911. The van der Waals surface area contributed by atoms with E-state index in [0.29, 0.717) is 49.5 Å². The Balaban J connectivity index is 0.000000838. The minimum atomic E-state index is -5.08. The number of hydrogen-bond donors (Lipinski definition) is 4. The molecule has 0 aromatic heterocycles. The fraction of sp³-hybridized carbons (Fsp3) is 0.323. The van der Waals surface area contributed by atoms with Gasteiger partial charge in [0.2, 0.25) is 0 Å². The molecule has 6 N–H and O–H groups in total. The molecule has 3 aromatic rings. The lowest BCUT2D eigenvalue weighted by Crippen LogP contribution is -2.35. The highest BCUT2D eigenvalue weighted by Crippen LogP contribution is 2.51. The maximum absolute atomic E-state index is 14.1. The summed E-state index contributed by atoms with van der Waals surface area (Å²) >= 11 is 13.1. The van der Waals surface area contributed by atoms with Crippen molar-refractivity contribution in [1.82, 2.24) is 4.90 Å². The van der Waals surface area contributed by atoms with E-state index in [-0.39, 0.29) is 44.5 Å². The molecule has 1 aliphatic heterocycles. The zero-order chi connectivity index (χ0) is 36.7. The predicted octanol–water partition coefficient (Wildman–Crippen LogP) is 5.47. The van der Waals surface area contributed by atoms with Crippen LogP contribution in [0.15, 0.2) is 59.5 Å². The van der Waals surface area contributed by atoms with E-state index in [1.165, 1.54) is 24.3 Å². The van der Waals surface area contributed by atoms with Crippen LogP contribution in [0.2, 0.25) is 10.0 Å². The number of nitrogens with one attached hydrogen (secondary N) is 1. The number of nitrogens with zero attached hydrogens (tertiary/aromatic N) is 2. The Kier molecular flexibility index (Phi) is 13.3. The Labute approximate surface area is 290 Å². The number of alkyl halides is 3. The Hall–Kier alpha value is -4.09. The number of amides is 3. The summed E-state index contributed by atoms with van der Waals surface area (Å²) in [7, 11) is -4.43. The van der Waals surface area contributed by atoms with E-state index in [1.54, 1.807) is 35.2 Å². The molecule has 1 heterocycles. The summed E-state index contributed by atoms with van der Waals surface area (Å²) in [5.41, 5.74) is 13.8. The van der Waals surface area contributed by atoms with E-state index in [0.717, 1.165) is 4.31 Å². The number of ether oxygens (including phenoxy) is 1. The van der Waals surface area contributed by atoms with Gasteiger partial charge in [-0.3, -0.25) is 4.79 Å². The molecule has 1 aliphatic rings. The molecular weight excluding hydrogens is 714 g/mol. The third-order valence-corrected chi connectivity index (χ3v) is 9.80. The monoisotopic (exact) mass is 747 g/mol. The highest BCUT2D eigenvalue weighted by molar-refractivity contribution is 7.93. The van der Waals surface area contributed by atoms with Crippen LogP contribution in [-0.4, -0.2) is 75.4 Å². The topological polar surface area (TPSA) is 185 Å². The molecule has 0 radical (unpaired) electrons. The van der Waals surface area contributed by atoms with E-state index >= 15 is 0 Å². The number of hydrogen-bond acceptors (Lipinski definition) is 8. The minimum Gasteiger partial charge on any atom is -0.475 e. The lowest BCUT2D eigenvalue weighted by atomic mass is 9.90. The van der Waals surface area contributed by atoms with E-state index in [2.05, 4.69) is 5.32 Å². The van der Waals surface area contributed by atoms with Crippen LogP contribution in [0, 0.1) is 0 Å². The molecule has 0 aliphatic carbocycles. The second-order valence-electron chi connectivity index (χ2n) is 10.3. The van der Waals surface area contributed by atoms with Gasteiger partial charge in [-0.15, -0.1) is 0 Å². The molecule has 18 heteroatoms. The number of sulfonamides is 1. The van der Waals surface area contributed by atoms with Crippen molar-refractivity contribution in [1.29, 1.82) is 0 Å². The normalized spacial score (nSPS) is 14.2. The van der Waals surface area contributed by atoms with E-state index < -0.39 is 34.0 Å². The first-order valence-corrected chi connectivity index (χ1v) is 16.9. The molecular formula is C31H34Cl2F3N5O7S. The zero-order valence-corrected chi connectivity index (χ0v) is 28.6. The summed E-state index contributed by atoms with van der Waals surface area (Å²) in [6.45, 7) is 5.72. The second-order valence-corrected chi connectivity index (χ2v) is 12.9. The van der Waals surface area contributed by atoms with Crippen molar-refractivity contribution in [2.75, 3.05) is 48.2 Å². The summed E-state index contributed by atoms with van der Waals surface area (Å²) in [5.74, 6) is -4.60. The molecule has 0 saturated carbocycles. The van der Waals surface area contributed by atoms with Crippen LogP contribution in [-0.2, 0) is 30.8 Å². The lowest BCUT2D eigenvalue weighted by Gasteiger charge is -2.21. The first-order valence-electron chi connectivity index (χ1n) is 14.7. The SMILES string of the molecule is CCN(CC)C(=O)Nc1ccc(S(=O)(=O)N2C(=O)C(c3ccccc3Cl)c3c2cc(CCOCCN)c(Cl)c3N)cc1.O=C(O)C(F)(F)F. The quantitative estimate of drug-likeness (QED) is 0.146. The number of benzene rings is 3. The molecule has 12 nitrogen and oxygen atoms in total. The molecule has 1 unspecified atom stereocenters. The zero-order valence-electron chi connectivity index (χ0n) is 26.3. The van der Waals surface area contributed by atoms with Crippen LogP contribution in [0.5, 0.6) is 0 Å². The summed E-state index contributed by atoms with van der Waals surface area (Å²) in [4.78, 5) is 36.8. The van der Waals surface area contributed by atoms with Crippen LogP contribution in [0.1, 0.15) is 36.5 Å². The molecule has 3 amide bonds. The predicted molar refractivity (Wildman–Crippen MR) is 179 cm³/mol. The van der Waals surface area contributed by atoms with Crippen molar-refractivity contribution in [3.8, 4) is 0 Å². The van der Waals surface area contributed by atoms with Gasteiger partial charge in [0.25, 0.3) is 15.9 Å². The van der Waals surface area contributed by atoms with Crippen molar-refractivity contribution >= 4 is 68.2 Å². The number of carbonyl (C=O) groups is 3. The van der Waals surface area contributed by atoms with Crippen LogP contribution in [0.3, 0.4) is 0 Å². The number of nitrogens with two attached hydrogens (primary N) is 2. The fourth-order valence-electron chi connectivity index (χ4n) is 4.89. The van der Waals surface area contributed by atoms with E-state index in [4.69, 9.17) is 49.3 Å². The van der Waals surface area contributed by atoms with Crippen LogP contribution < -0.4 is 21.1 Å². The molecule has 3 aromatic carbocycles. The van der Waals surface area contributed by atoms with Crippen LogP contribution >= 0.6 is 23.2 Å². The van der Waals surface area contributed by atoms with Gasteiger partial charge in [0.15, 0.2) is 0 Å². The fourth-order valence-corrected chi connectivity index (χ4v) is 6.83. The number of carboxylic acids is 1. The first kappa shape index (κ1) is 39.3. The highest BCUT2D eigenvalue weighted by atomic mass is 35.5. The van der Waals surface area contributed by atoms with Crippen molar-refractivity contribution in [2.24, 2.45) is 5.73 Å². The van der Waals surface area contributed by atoms with Crippen LogP contribution in [0.4, 0.5) is 35.0 Å². The van der Waals surface area contributed by atoms with Crippen molar-refractivity contribution in [3.63, 3.8) is 0 Å². The van der Waals surface area contributed by atoms with Gasteiger partial charge in [0, 0.05) is 35.9 Å². The summed E-state index contributed by atoms with van der Waals surface area (Å²) in [6, 6.07) is 13.6. The average Bonchev–Trinajstić information content (AvgIpc) is 3.34. The number of nitrogen functional groups attached to an aromatic ring is 1. The second kappa shape index (κ2) is 16.5. The number of anilines is 3. The maximum atomic E-state index is 14.1. The molecule has 0 bridgehead atoms. The molecule has 266 valence electrons. The maximum Gasteiger partial charge on any atom is 0.490 e. The number of carboxylic acid groups (broad SMARTS) is 1. The molecule has 0 saturated heterocycles. The van der Waals surface area contributed by atoms with Gasteiger partial charge in [-0.25, -0.2) is 22.3 Å². The van der Waals surface area contributed by atoms with Crippen LogP contribution in [0.25, 0.3) is 0 Å². The van der Waals surface area contributed by atoms with Crippen molar-refractivity contribution < 1.29 is 45.8 Å². The Morgan fingerprint density at radius 3 is 2.18 bits per heavy atom. The number of aliphatic carboxylic acids is 1. The Morgan fingerprint density at radius 2 is 1.65 bits per heavy atom. The number of rotatable bonds is 11. The van der Waals surface area contributed by atoms with Crippen molar-refractivity contribution in [3.05, 3.63) is 81.3 Å². The molecule has 0 fully saturated rings. The van der Waals surface area contributed by atoms with E-state index in [1.807, 2.05) is 13.8 Å². The van der Waals surface area contributed by atoms with Crippen molar-refractivity contribution in [2.45, 2.75) is 37.3 Å². The largest absolute Gasteiger partial charge is 0.490 e. The third kappa shape index (κ3) is 8.93. The molecule has 1 atom stereocenters. The van der Waals surface area contributed by atoms with Gasteiger partial charge in [0.1, 0.15) is 0 Å². The van der Waals surface area contributed by atoms with Gasteiger partial charge in [-0.1, -0.05) is 41.4 Å². The van der Waals surface area contributed by atoms with Gasteiger partial charge < -0.3 is 31.5 Å². The van der Waals surface area contributed by atoms with Gasteiger partial charge in [0.05, 0.1) is 40.4 Å². The van der Waals surface area contributed by atoms with Gasteiger partial charge in [-0.2, -0.15) is 13.2 Å². The molecule has 49 heavy (non-hydrogen) atoms. The standard InChI is InChI=1S/C29H33Cl2N5O5S.C2HF3O2/c1-3-35(4-2)29(38)34-19-9-11-20(12-10-19)42(39,40)36-23-17-18(13-15-41-16-14-32)26(31)27(33)25(23)24(28(36)37)21-7-5-6-8-22(21)30;3-2(4,5)1(6)7/h5-12,17,24H,3-4,13-16,32-33H2,1-2H3,(H,34,38);(H,6,7). The smallest absolute Gasteiger partial charge is 0.475 e. The average molecular weight is 749 g/mol. The van der Waals surface area contributed by atoms with E-state index in [9.17, 15) is 31.2 Å². The molecule has 0 spiro atoms. The number of carbonyl (C=O) groups excluding carboxylic acids is 2. The lowest BCUT2D eigenvalue weighted by molar-refractivity contribution is -0.192. The Morgan fingerprint density at radius 1 is 1.06 bits per heavy atom. The number of halogens is 5. The highest BCUT2D eigenvalue weighted by Gasteiger charge is 2.47. The van der Waals surface area contributed by atoms with Gasteiger partial charge in [-0.05, 0) is 67.8 Å². The summed E-state index contributed by atoms with van der Waals surface area (Å²) in [5, 5.41) is 10.4. The Bertz CT molecular complexity index is 1790. The molecule has 4 rings (SSSR count). The number of fused-ring (bicyclic) bond motifs is 1. The third-order valence-electron chi connectivity index (χ3n) is 7.28. The number of urea groups is 1.